The largest absolute Gasteiger partial charge is 0.484 e. The molecule has 2 aromatic rings. The van der Waals surface area contributed by atoms with Crippen molar-refractivity contribution in [1.29, 1.82) is 5.26 Å². The normalized spacial score (nSPS) is 11.1. The van der Waals surface area contributed by atoms with Gasteiger partial charge in [0.2, 0.25) is 0 Å². The fourth-order valence-electron chi connectivity index (χ4n) is 2.32. The lowest BCUT2D eigenvalue weighted by Gasteiger charge is -2.17. The number of amides is 1. The smallest absolute Gasteiger partial charge is 0.329 e. The number of esters is 1. The average Bonchev–Trinajstić information content (AvgIpc) is 2.74. The highest BCUT2D eigenvalue weighted by Gasteiger charge is 2.22. The Kier molecular flexibility index (Phi) is 8.89. The van der Waals surface area contributed by atoms with Crippen molar-refractivity contribution >= 4 is 23.6 Å². The first-order valence-electron chi connectivity index (χ1n) is 8.74. The highest BCUT2D eigenvalue weighted by Crippen LogP contribution is 2.09. The molecule has 0 aliphatic rings. The predicted octanol–water partition coefficient (Wildman–Crippen LogP) is 2.92. The Balaban J connectivity index is 1.86. The predicted molar refractivity (Wildman–Crippen MR) is 108 cm³/mol. The van der Waals surface area contributed by atoms with Gasteiger partial charge in [-0.15, -0.1) is 0 Å². The highest BCUT2D eigenvalue weighted by molar-refractivity contribution is 7.98. The van der Waals surface area contributed by atoms with Crippen LogP contribution in [0.1, 0.15) is 17.5 Å². The summed E-state index contributed by atoms with van der Waals surface area (Å²) in [6.45, 7) is -0.0978. The molecule has 2 rings (SSSR count). The molecule has 0 fully saturated rings. The third-order valence-electron chi connectivity index (χ3n) is 3.81. The molecule has 0 aromatic heterocycles. The van der Waals surface area contributed by atoms with Crippen LogP contribution in [-0.2, 0) is 20.9 Å². The van der Waals surface area contributed by atoms with Crippen molar-refractivity contribution in [3.8, 4) is 11.8 Å². The second kappa shape index (κ2) is 11.7. The lowest BCUT2D eigenvalue weighted by atomic mass is 10.1. The minimum atomic E-state index is -0.738. The van der Waals surface area contributed by atoms with Gasteiger partial charge in [0.25, 0.3) is 5.91 Å². The minimum Gasteiger partial charge on any atom is -0.484 e. The molecule has 2 aromatic carbocycles. The number of nitriles is 1. The Bertz CT molecular complexity index is 803. The number of benzene rings is 2. The van der Waals surface area contributed by atoms with Gasteiger partial charge in [-0.1, -0.05) is 30.3 Å². The van der Waals surface area contributed by atoms with Crippen LogP contribution < -0.4 is 10.1 Å². The van der Waals surface area contributed by atoms with E-state index in [4.69, 9.17) is 14.7 Å². The molecule has 6 nitrogen and oxygen atoms in total. The Labute approximate surface area is 168 Å². The van der Waals surface area contributed by atoms with E-state index >= 15 is 0 Å². The van der Waals surface area contributed by atoms with Gasteiger partial charge in [0, 0.05) is 0 Å². The standard InChI is InChI=1S/C21H22N2O4S/c1-28-12-11-19(23-20(24)15-26-18-5-3-2-4-6-18)21(25)27-14-17-9-7-16(13-22)8-10-17/h2-10,19H,11-12,14-15H2,1H3,(H,23,24)/t19-/m1/s1. The molecule has 0 saturated carbocycles. The lowest BCUT2D eigenvalue weighted by molar-refractivity contribution is -0.149. The third kappa shape index (κ3) is 7.33. The summed E-state index contributed by atoms with van der Waals surface area (Å²) in [7, 11) is 0. The highest BCUT2D eigenvalue weighted by atomic mass is 32.2. The first-order valence-corrected chi connectivity index (χ1v) is 10.1. The molecule has 0 unspecified atom stereocenters. The Morgan fingerprint density at radius 2 is 1.86 bits per heavy atom. The summed E-state index contributed by atoms with van der Waals surface area (Å²) in [5.74, 6) is 0.412. The molecule has 0 bridgehead atoms. The van der Waals surface area contributed by atoms with Crippen molar-refractivity contribution in [2.75, 3.05) is 18.6 Å². The van der Waals surface area contributed by atoms with Gasteiger partial charge in [-0.3, -0.25) is 4.79 Å². The molecular formula is C21H22N2O4S. The number of nitrogens with zero attached hydrogens (tertiary/aromatic N) is 1. The van der Waals surface area contributed by atoms with Gasteiger partial charge in [0.1, 0.15) is 18.4 Å². The van der Waals surface area contributed by atoms with Crippen molar-refractivity contribution in [3.63, 3.8) is 0 Å². The minimum absolute atomic E-state index is 0.0801. The van der Waals surface area contributed by atoms with E-state index in [-0.39, 0.29) is 19.1 Å². The Morgan fingerprint density at radius 1 is 1.14 bits per heavy atom. The quantitative estimate of drug-likeness (QED) is 0.619. The van der Waals surface area contributed by atoms with Gasteiger partial charge in [0.05, 0.1) is 11.6 Å². The zero-order valence-corrected chi connectivity index (χ0v) is 16.4. The third-order valence-corrected chi connectivity index (χ3v) is 4.45. The van der Waals surface area contributed by atoms with E-state index in [0.29, 0.717) is 23.5 Å². The Morgan fingerprint density at radius 3 is 2.50 bits per heavy atom. The van der Waals surface area contributed by atoms with Crippen LogP contribution in [0.5, 0.6) is 5.75 Å². The first kappa shape index (κ1) is 21.3. The number of hydrogen-bond acceptors (Lipinski definition) is 6. The maximum atomic E-state index is 12.4. The van der Waals surface area contributed by atoms with E-state index in [1.165, 1.54) is 0 Å². The lowest BCUT2D eigenvalue weighted by Crippen LogP contribution is -2.44. The maximum absolute atomic E-state index is 12.4. The van der Waals surface area contributed by atoms with E-state index in [1.54, 1.807) is 48.2 Å². The van der Waals surface area contributed by atoms with Crippen LogP contribution in [0.3, 0.4) is 0 Å². The summed E-state index contributed by atoms with van der Waals surface area (Å²) in [4.78, 5) is 24.6. The number of para-hydroxylation sites is 1. The number of carbonyl (C=O) groups excluding carboxylic acids is 2. The van der Waals surface area contributed by atoms with Gasteiger partial charge in [0.15, 0.2) is 6.61 Å². The summed E-state index contributed by atoms with van der Waals surface area (Å²) in [6, 6.07) is 17.1. The maximum Gasteiger partial charge on any atom is 0.329 e. The molecule has 146 valence electrons. The summed E-state index contributed by atoms with van der Waals surface area (Å²) in [5, 5.41) is 11.5. The molecule has 0 saturated heterocycles. The molecule has 0 radical (unpaired) electrons. The second-order valence-electron chi connectivity index (χ2n) is 5.92. The molecule has 0 aliphatic carbocycles. The molecule has 0 heterocycles. The number of rotatable bonds is 10. The van der Waals surface area contributed by atoms with Gasteiger partial charge < -0.3 is 14.8 Å². The second-order valence-corrected chi connectivity index (χ2v) is 6.91. The van der Waals surface area contributed by atoms with Crippen molar-refractivity contribution in [2.45, 2.75) is 19.1 Å². The molecule has 0 aliphatic heterocycles. The molecule has 28 heavy (non-hydrogen) atoms. The molecule has 0 spiro atoms. The number of ether oxygens (including phenoxy) is 2. The van der Waals surface area contributed by atoms with Gasteiger partial charge in [-0.2, -0.15) is 17.0 Å². The molecule has 1 amide bonds. The van der Waals surface area contributed by atoms with E-state index in [0.717, 1.165) is 5.56 Å². The number of nitrogens with one attached hydrogen (secondary N) is 1. The monoisotopic (exact) mass is 398 g/mol. The van der Waals surface area contributed by atoms with Crippen LogP contribution in [0, 0.1) is 11.3 Å². The van der Waals surface area contributed by atoms with E-state index < -0.39 is 12.0 Å². The van der Waals surface area contributed by atoms with E-state index in [1.807, 2.05) is 30.5 Å². The molecule has 1 N–H and O–H groups in total. The number of hydrogen-bond donors (Lipinski definition) is 1. The fraction of sp³-hybridized carbons (Fsp3) is 0.286. The summed E-state index contributed by atoms with van der Waals surface area (Å²) in [6.07, 6.45) is 2.39. The van der Waals surface area contributed by atoms with Gasteiger partial charge in [-0.25, -0.2) is 4.79 Å². The van der Waals surface area contributed by atoms with Crippen LogP contribution in [0.4, 0.5) is 0 Å². The molecular weight excluding hydrogens is 376 g/mol. The number of carbonyl (C=O) groups is 2. The van der Waals surface area contributed by atoms with Crippen LogP contribution in [0.2, 0.25) is 0 Å². The number of thioether (sulfide) groups is 1. The average molecular weight is 398 g/mol. The first-order chi connectivity index (χ1) is 13.6. The van der Waals surface area contributed by atoms with Crippen LogP contribution >= 0.6 is 11.8 Å². The van der Waals surface area contributed by atoms with E-state index in [9.17, 15) is 9.59 Å². The topological polar surface area (TPSA) is 88.4 Å². The van der Waals surface area contributed by atoms with Gasteiger partial charge in [-0.05, 0) is 48.3 Å². The van der Waals surface area contributed by atoms with Crippen LogP contribution in [0.15, 0.2) is 54.6 Å². The molecule has 1 atom stereocenters. The SMILES string of the molecule is CSCC[C@@H](NC(=O)COc1ccccc1)C(=O)OCc1ccc(C#N)cc1. The van der Waals surface area contributed by atoms with Crippen molar-refractivity contribution < 1.29 is 19.1 Å². The zero-order valence-electron chi connectivity index (χ0n) is 15.6. The fourth-order valence-corrected chi connectivity index (χ4v) is 2.79. The van der Waals surface area contributed by atoms with E-state index in [2.05, 4.69) is 5.32 Å². The Hall–Kier alpha value is -2.98. The summed E-state index contributed by atoms with van der Waals surface area (Å²) in [5.41, 5.74) is 1.31. The van der Waals surface area contributed by atoms with Gasteiger partial charge >= 0.3 is 5.97 Å². The van der Waals surface area contributed by atoms with Crippen LogP contribution in [-0.4, -0.2) is 36.5 Å². The summed E-state index contributed by atoms with van der Waals surface area (Å²) >= 11 is 1.58. The molecule has 7 heteroatoms. The summed E-state index contributed by atoms with van der Waals surface area (Å²) < 4.78 is 10.7. The zero-order chi connectivity index (χ0) is 20.2. The van der Waals surface area contributed by atoms with Crippen molar-refractivity contribution in [2.24, 2.45) is 0 Å². The van der Waals surface area contributed by atoms with Crippen molar-refractivity contribution in [1.82, 2.24) is 5.32 Å². The van der Waals surface area contributed by atoms with Crippen LogP contribution in [0.25, 0.3) is 0 Å². The van der Waals surface area contributed by atoms with Crippen molar-refractivity contribution in [3.05, 3.63) is 65.7 Å².